The topological polar surface area (TPSA) is 50.1 Å². The standard InChI is InChI=1S/C12H23N3O/c1-10(13-7-5-4-6-8-16)12-9-15(3)14-11(12)2/h9-10,13,16H,4-8H2,1-3H3. The Hall–Kier alpha value is -0.870. The van der Waals surface area contributed by atoms with Gasteiger partial charge >= 0.3 is 0 Å². The van der Waals surface area contributed by atoms with Crippen molar-refractivity contribution >= 4 is 0 Å². The van der Waals surface area contributed by atoms with Gasteiger partial charge in [0.15, 0.2) is 0 Å². The van der Waals surface area contributed by atoms with Crippen LogP contribution in [0.15, 0.2) is 6.20 Å². The normalized spacial score (nSPS) is 13.0. The van der Waals surface area contributed by atoms with Gasteiger partial charge in [-0.25, -0.2) is 0 Å². The lowest BCUT2D eigenvalue weighted by molar-refractivity contribution is 0.282. The molecule has 0 spiro atoms. The van der Waals surface area contributed by atoms with Gasteiger partial charge in [0.25, 0.3) is 0 Å². The van der Waals surface area contributed by atoms with Crippen molar-refractivity contribution in [2.75, 3.05) is 13.2 Å². The van der Waals surface area contributed by atoms with Crippen LogP contribution in [-0.2, 0) is 7.05 Å². The molecule has 1 unspecified atom stereocenters. The van der Waals surface area contributed by atoms with Crippen LogP contribution in [-0.4, -0.2) is 28.0 Å². The predicted octanol–water partition coefficient (Wildman–Crippen LogP) is 1.54. The molecule has 1 rings (SSSR count). The minimum absolute atomic E-state index is 0.303. The van der Waals surface area contributed by atoms with Gasteiger partial charge in [-0.2, -0.15) is 5.10 Å². The Morgan fingerprint density at radius 2 is 2.19 bits per heavy atom. The molecule has 16 heavy (non-hydrogen) atoms. The van der Waals surface area contributed by atoms with Crippen LogP contribution in [0.3, 0.4) is 0 Å². The van der Waals surface area contributed by atoms with Gasteiger partial charge in [-0.1, -0.05) is 0 Å². The second-order valence-corrected chi connectivity index (χ2v) is 4.30. The van der Waals surface area contributed by atoms with Gasteiger partial charge in [-0.3, -0.25) is 4.68 Å². The summed E-state index contributed by atoms with van der Waals surface area (Å²) < 4.78 is 1.86. The van der Waals surface area contributed by atoms with E-state index in [9.17, 15) is 0 Å². The zero-order valence-corrected chi connectivity index (χ0v) is 10.5. The third kappa shape index (κ3) is 3.94. The number of hydrogen-bond acceptors (Lipinski definition) is 3. The lowest BCUT2D eigenvalue weighted by atomic mass is 10.1. The van der Waals surface area contributed by atoms with Crippen molar-refractivity contribution in [1.29, 1.82) is 0 Å². The van der Waals surface area contributed by atoms with Crippen LogP contribution in [0.2, 0.25) is 0 Å². The van der Waals surface area contributed by atoms with Crippen LogP contribution in [0, 0.1) is 6.92 Å². The largest absolute Gasteiger partial charge is 0.396 e. The lowest BCUT2D eigenvalue weighted by Crippen LogP contribution is -2.20. The number of aliphatic hydroxyl groups is 1. The average Bonchev–Trinajstić information content (AvgIpc) is 2.57. The molecule has 0 radical (unpaired) electrons. The van der Waals surface area contributed by atoms with Gasteiger partial charge in [0.1, 0.15) is 0 Å². The molecule has 0 aliphatic carbocycles. The molecule has 4 heteroatoms. The SMILES string of the molecule is Cc1nn(C)cc1C(C)NCCCCCO. The van der Waals surface area contributed by atoms with E-state index in [1.807, 2.05) is 18.7 Å². The maximum atomic E-state index is 8.66. The van der Waals surface area contributed by atoms with Crippen molar-refractivity contribution in [3.05, 3.63) is 17.5 Å². The van der Waals surface area contributed by atoms with E-state index >= 15 is 0 Å². The Kier molecular flexibility index (Phi) is 5.49. The highest BCUT2D eigenvalue weighted by Crippen LogP contribution is 2.15. The highest BCUT2D eigenvalue weighted by molar-refractivity contribution is 5.19. The Labute approximate surface area is 97.7 Å². The smallest absolute Gasteiger partial charge is 0.0641 e. The van der Waals surface area contributed by atoms with Crippen molar-refractivity contribution in [2.45, 2.75) is 39.2 Å². The molecule has 4 nitrogen and oxygen atoms in total. The van der Waals surface area contributed by atoms with Crippen molar-refractivity contribution in [2.24, 2.45) is 7.05 Å². The summed E-state index contributed by atoms with van der Waals surface area (Å²) in [6.07, 6.45) is 5.18. The number of nitrogens with one attached hydrogen (secondary N) is 1. The first kappa shape index (κ1) is 13.2. The van der Waals surface area contributed by atoms with E-state index in [-0.39, 0.29) is 0 Å². The first-order chi connectivity index (χ1) is 7.65. The van der Waals surface area contributed by atoms with Gasteiger partial charge in [0.05, 0.1) is 5.69 Å². The summed E-state index contributed by atoms with van der Waals surface area (Å²) in [5.41, 5.74) is 2.36. The Morgan fingerprint density at radius 1 is 1.44 bits per heavy atom. The van der Waals surface area contributed by atoms with Gasteiger partial charge in [0, 0.05) is 31.5 Å². The number of nitrogens with zero attached hydrogens (tertiary/aromatic N) is 2. The molecule has 0 saturated carbocycles. The Balaban J connectivity index is 2.29. The molecular weight excluding hydrogens is 202 g/mol. The third-order valence-corrected chi connectivity index (χ3v) is 2.80. The molecule has 1 atom stereocenters. The van der Waals surface area contributed by atoms with E-state index in [0.717, 1.165) is 31.5 Å². The minimum atomic E-state index is 0.303. The zero-order valence-electron chi connectivity index (χ0n) is 10.5. The summed E-state index contributed by atoms with van der Waals surface area (Å²) in [4.78, 5) is 0. The van der Waals surface area contributed by atoms with Crippen LogP contribution in [0.1, 0.15) is 43.5 Å². The van der Waals surface area contributed by atoms with Gasteiger partial charge in [0.2, 0.25) is 0 Å². The number of hydrogen-bond donors (Lipinski definition) is 2. The van der Waals surface area contributed by atoms with E-state index in [1.54, 1.807) is 0 Å². The molecule has 1 heterocycles. The van der Waals surface area contributed by atoms with Crippen LogP contribution in [0.25, 0.3) is 0 Å². The fraction of sp³-hybridized carbons (Fsp3) is 0.750. The van der Waals surface area contributed by atoms with Crippen molar-refractivity contribution in [3.8, 4) is 0 Å². The lowest BCUT2D eigenvalue weighted by Gasteiger charge is -2.12. The third-order valence-electron chi connectivity index (χ3n) is 2.80. The van der Waals surface area contributed by atoms with Gasteiger partial charge < -0.3 is 10.4 Å². The summed E-state index contributed by atoms with van der Waals surface area (Å²) in [5.74, 6) is 0. The number of aromatic nitrogens is 2. The minimum Gasteiger partial charge on any atom is -0.396 e. The molecule has 1 aromatic heterocycles. The van der Waals surface area contributed by atoms with Crippen molar-refractivity contribution in [3.63, 3.8) is 0 Å². The monoisotopic (exact) mass is 225 g/mol. The fourth-order valence-corrected chi connectivity index (χ4v) is 1.89. The molecule has 0 saturated heterocycles. The summed E-state index contributed by atoms with van der Waals surface area (Å²) in [5, 5.41) is 16.5. The van der Waals surface area contributed by atoms with E-state index < -0.39 is 0 Å². The first-order valence-corrected chi connectivity index (χ1v) is 5.99. The molecule has 0 aromatic carbocycles. The number of aliphatic hydroxyl groups excluding tert-OH is 1. The van der Waals surface area contributed by atoms with Crippen LogP contribution in [0.5, 0.6) is 0 Å². The Morgan fingerprint density at radius 3 is 2.75 bits per heavy atom. The van der Waals surface area contributed by atoms with E-state index in [4.69, 9.17) is 5.11 Å². The maximum Gasteiger partial charge on any atom is 0.0641 e. The highest BCUT2D eigenvalue weighted by atomic mass is 16.2. The maximum absolute atomic E-state index is 8.66. The van der Waals surface area contributed by atoms with Gasteiger partial charge in [-0.05, 0) is 39.7 Å². The number of aryl methyl sites for hydroxylation is 2. The molecule has 0 amide bonds. The Bertz CT molecular complexity index is 309. The van der Waals surface area contributed by atoms with Crippen LogP contribution >= 0.6 is 0 Å². The zero-order chi connectivity index (χ0) is 12.0. The van der Waals surface area contributed by atoms with E-state index in [0.29, 0.717) is 12.6 Å². The fourth-order valence-electron chi connectivity index (χ4n) is 1.89. The summed E-state index contributed by atoms with van der Waals surface area (Å²) in [6.45, 7) is 5.50. The van der Waals surface area contributed by atoms with Gasteiger partial charge in [-0.15, -0.1) is 0 Å². The molecule has 92 valence electrons. The molecule has 0 aliphatic heterocycles. The summed E-state index contributed by atoms with van der Waals surface area (Å²) in [7, 11) is 1.95. The number of rotatable bonds is 7. The predicted molar refractivity (Wildman–Crippen MR) is 65.3 cm³/mol. The molecule has 2 N–H and O–H groups in total. The van der Waals surface area contributed by atoms with E-state index in [2.05, 4.69) is 23.5 Å². The highest BCUT2D eigenvalue weighted by Gasteiger charge is 2.10. The van der Waals surface area contributed by atoms with Crippen LogP contribution in [0.4, 0.5) is 0 Å². The average molecular weight is 225 g/mol. The van der Waals surface area contributed by atoms with Crippen molar-refractivity contribution in [1.82, 2.24) is 15.1 Å². The quantitative estimate of drug-likeness (QED) is 0.692. The molecule has 1 aromatic rings. The number of unbranched alkanes of at least 4 members (excludes halogenated alkanes) is 2. The first-order valence-electron chi connectivity index (χ1n) is 5.99. The summed E-state index contributed by atoms with van der Waals surface area (Å²) in [6, 6.07) is 0.350. The second kappa shape index (κ2) is 6.66. The molecule has 0 bridgehead atoms. The summed E-state index contributed by atoms with van der Waals surface area (Å²) >= 11 is 0. The van der Waals surface area contributed by atoms with Crippen LogP contribution < -0.4 is 5.32 Å². The van der Waals surface area contributed by atoms with E-state index in [1.165, 1.54) is 5.56 Å². The second-order valence-electron chi connectivity index (χ2n) is 4.30. The molecule has 0 fully saturated rings. The molecular formula is C12H23N3O. The molecule has 0 aliphatic rings. The van der Waals surface area contributed by atoms with Crippen molar-refractivity contribution < 1.29 is 5.11 Å².